The van der Waals surface area contributed by atoms with Crippen LogP contribution in [-0.2, 0) is 4.79 Å². The molecule has 1 aromatic heterocycles. The number of halogens is 1. The van der Waals surface area contributed by atoms with Gasteiger partial charge in [-0.05, 0) is 12.1 Å². The van der Waals surface area contributed by atoms with E-state index in [1.54, 1.807) is 12.1 Å². The molecule has 2 nitrogen and oxygen atoms in total. The Hall–Kier alpha value is -0.380. The lowest BCUT2D eigenvalue weighted by Gasteiger charge is -1.94. The van der Waals surface area contributed by atoms with Crippen LogP contribution in [0.15, 0.2) is 12.1 Å². The zero-order valence-corrected chi connectivity index (χ0v) is 6.52. The second kappa shape index (κ2) is 3.14. The van der Waals surface area contributed by atoms with Crippen LogP contribution in [0.25, 0.3) is 0 Å². The van der Waals surface area contributed by atoms with Gasteiger partial charge in [0.2, 0.25) is 0 Å². The summed E-state index contributed by atoms with van der Waals surface area (Å²) < 4.78 is 0.580. The van der Waals surface area contributed by atoms with Crippen LogP contribution in [0.5, 0.6) is 0 Å². The minimum Gasteiger partial charge on any atom is -0.380 e. The number of aliphatic hydroxyl groups excluding tert-OH is 1. The fourth-order valence-corrected chi connectivity index (χ4v) is 1.56. The van der Waals surface area contributed by atoms with E-state index in [1.807, 2.05) is 0 Å². The van der Waals surface area contributed by atoms with E-state index >= 15 is 0 Å². The predicted octanol–water partition coefficient (Wildman–Crippen LogP) is 1.63. The van der Waals surface area contributed by atoms with E-state index in [-0.39, 0.29) is 0 Å². The van der Waals surface area contributed by atoms with E-state index in [2.05, 4.69) is 0 Å². The molecule has 10 heavy (non-hydrogen) atoms. The number of hydrogen-bond acceptors (Lipinski definition) is 3. The first kappa shape index (κ1) is 7.72. The number of aldehydes is 1. The normalized spacial score (nSPS) is 13.0. The molecule has 1 heterocycles. The Morgan fingerprint density at radius 2 is 2.40 bits per heavy atom. The van der Waals surface area contributed by atoms with Crippen molar-refractivity contribution in [2.24, 2.45) is 0 Å². The lowest BCUT2D eigenvalue weighted by Crippen LogP contribution is -1.93. The first-order valence-electron chi connectivity index (χ1n) is 2.62. The summed E-state index contributed by atoms with van der Waals surface area (Å²) in [5.41, 5.74) is 0. The molecule has 0 saturated heterocycles. The highest BCUT2D eigenvalue weighted by Crippen LogP contribution is 2.25. The van der Waals surface area contributed by atoms with Crippen molar-refractivity contribution in [3.8, 4) is 0 Å². The van der Waals surface area contributed by atoms with Gasteiger partial charge in [0.25, 0.3) is 0 Å². The smallest absolute Gasteiger partial charge is 0.153 e. The Bertz CT molecular complexity index is 233. The Morgan fingerprint density at radius 3 is 2.80 bits per heavy atom. The van der Waals surface area contributed by atoms with Gasteiger partial charge in [0.05, 0.1) is 4.34 Å². The Kier molecular flexibility index (Phi) is 2.43. The van der Waals surface area contributed by atoms with Gasteiger partial charge in [-0.2, -0.15) is 0 Å². The number of thiophene rings is 1. The van der Waals surface area contributed by atoms with E-state index in [0.717, 1.165) is 0 Å². The molecule has 0 saturated carbocycles. The molecule has 1 aromatic rings. The summed E-state index contributed by atoms with van der Waals surface area (Å²) >= 11 is 6.76. The summed E-state index contributed by atoms with van der Waals surface area (Å²) in [6.07, 6.45) is -0.542. The predicted molar refractivity (Wildman–Crippen MR) is 40.4 cm³/mol. The van der Waals surface area contributed by atoms with Gasteiger partial charge in [-0.3, -0.25) is 0 Å². The molecular formula is C6H5ClO2S. The molecule has 0 aliphatic heterocycles. The summed E-state index contributed by atoms with van der Waals surface area (Å²) in [7, 11) is 0. The van der Waals surface area contributed by atoms with Crippen molar-refractivity contribution >= 4 is 29.2 Å². The monoisotopic (exact) mass is 176 g/mol. The van der Waals surface area contributed by atoms with Gasteiger partial charge in [-0.15, -0.1) is 11.3 Å². The van der Waals surface area contributed by atoms with Crippen molar-refractivity contribution in [2.75, 3.05) is 0 Å². The summed E-state index contributed by atoms with van der Waals surface area (Å²) in [6.45, 7) is 0. The van der Waals surface area contributed by atoms with Gasteiger partial charge in [0.15, 0.2) is 6.29 Å². The fraction of sp³-hybridized carbons (Fsp3) is 0.167. The van der Waals surface area contributed by atoms with Gasteiger partial charge in [-0.25, -0.2) is 0 Å². The molecular weight excluding hydrogens is 172 g/mol. The SMILES string of the molecule is O=CC(O)c1ccc(Cl)s1. The van der Waals surface area contributed by atoms with Crippen molar-refractivity contribution in [1.82, 2.24) is 0 Å². The molecule has 0 radical (unpaired) electrons. The third kappa shape index (κ3) is 1.56. The van der Waals surface area contributed by atoms with Crippen LogP contribution in [0.4, 0.5) is 0 Å². The van der Waals surface area contributed by atoms with Crippen LogP contribution in [0.3, 0.4) is 0 Å². The molecule has 0 aliphatic carbocycles. The molecule has 1 N–H and O–H groups in total. The minimum absolute atomic E-state index is 0.474. The maximum Gasteiger partial charge on any atom is 0.153 e. The Balaban J connectivity index is 2.84. The number of carbonyl (C=O) groups excluding carboxylic acids is 1. The maximum absolute atomic E-state index is 10.0. The first-order chi connectivity index (χ1) is 4.74. The van der Waals surface area contributed by atoms with Crippen molar-refractivity contribution < 1.29 is 9.90 Å². The molecule has 0 amide bonds. The zero-order valence-electron chi connectivity index (χ0n) is 4.95. The van der Waals surface area contributed by atoms with Crippen LogP contribution in [-0.4, -0.2) is 11.4 Å². The maximum atomic E-state index is 10.0. The van der Waals surface area contributed by atoms with Crippen LogP contribution >= 0.6 is 22.9 Å². The third-order valence-corrected chi connectivity index (χ3v) is 2.32. The van der Waals surface area contributed by atoms with Crippen molar-refractivity contribution in [3.05, 3.63) is 21.3 Å². The van der Waals surface area contributed by atoms with E-state index in [4.69, 9.17) is 16.7 Å². The van der Waals surface area contributed by atoms with Crippen LogP contribution in [0.2, 0.25) is 4.34 Å². The topological polar surface area (TPSA) is 37.3 Å². The van der Waals surface area contributed by atoms with Crippen LogP contribution in [0.1, 0.15) is 11.0 Å². The van der Waals surface area contributed by atoms with Gasteiger partial charge < -0.3 is 9.90 Å². The molecule has 1 unspecified atom stereocenters. The molecule has 1 rings (SSSR count). The summed E-state index contributed by atoms with van der Waals surface area (Å²) in [5, 5.41) is 8.93. The Labute approximate surface area is 67.1 Å². The molecule has 0 bridgehead atoms. The third-order valence-electron chi connectivity index (χ3n) is 1.01. The second-order valence-electron chi connectivity index (χ2n) is 1.72. The van der Waals surface area contributed by atoms with Gasteiger partial charge in [0.1, 0.15) is 6.10 Å². The van der Waals surface area contributed by atoms with Gasteiger partial charge in [-0.1, -0.05) is 11.6 Å². The molecule has 1 atom stereocenters. The van der Waals surface area contributed by atoms with Crippen molar-refractivity contribution in [2.45, 2.75) is 6.10 Å². The second-order valence-corrected chi connectivity index (χ2v) is 3.47. The Morgan fingerprint density at radius 1 is 1.70 bits per heavy atom. The van der Waals surface area contributed by atoms with E-state index in [0.29, 0.717) is 15.5 Å². The molecule has 0 fully saturated rings. The molecule has 0 aromatic carbocycles. The van der Waals surface area contributed by atoms with Crippen LogP contribution in [0, 0.1) is 0 Å². The molecule has 0 aliphatic rings. The highest BCUT2D eigenvalue weighted by Gasteiger charge is 2.06. The highest BCUT2D eigenvalue weighted by atomic mass is 35.5. The lowest BCUT2D eigenvalue weighted by atomic mass is 10.3. The van der Waals surface area contributed by atoms with Crippen molar-refractivity contribution in [3.63, 3.8) is 0 Å². The van der Waals surface area contributed by atoms with Gasteiger partial charge in [0, 0.05) is 4.88 Å². The number of aliphatic hydroxyl groups is 1. The molecule has 54 valence electrons. The first-order valence-corrected chi connectivity index (χ1v) is 3.82. The minimum atomic E-state index is -1.02. The summed E-state index contributed by atoms with van der Waals surface area (Å²) in [6, 6.07) is 3.28. The van der Waals surface area contributed by atoms with Crippen molar-refractivity contribution in [1.29, 1.82) is 0 Å². The largest absolute Gasteiger partial charge is 0.380 e. The molecule has 0 spiro atoms. The average Bonchev–Trinajstić information content (AvgIpc) is 2.34. The lowest BCUT2D eigenvalue weighted by molar-refractivity contribution is -0.114. The molecule has 4 heteroatoms. The van der Waals surface area contributed by atoms with E-state index in [1.165, 1.54) is 11.3 Å². The van der Waals surface area contributed by atoms with Gasteiger partial charge >= 0.3 is 0 Å². The summed E-state index contributed by atoms with van der Waals surface area (Å²) in [5.74, 6) is 0. The van der Waals surface area contributed by atoms with E-state index in [9.17, 15) is 4.79 Å². The standard InChI is InChI=1S/C6H5ClO2S/c7-6-2-1-5(10-6)4(9)3-8/h1-4,9H. The van der Waals surface area contributed by atoms with Crippen LogP contribution < -0.4 is 0 Å². The van der Waals surface area contributed by atoms with E-state index < -0.39 is 6.10 Å². The number of rotatable bonds is 2. The quantitative estimate of drug-likeness (QED) is 0.696. The number of hydrogen-bond donors (Lipinski definition) is 1. The number of carbonyl (C=O) groups is 1. The summed E-state index contributed by atoms with van der Waals surface area (Å²) in [4.78, 5) is 10.6. The average molecular weight is 177 g/mol. The highest BCUT2D eigenvalue weighted by molar-refractivity contribution is 7.16. The fourth-order valence-electron chi connectivity index (χ4n) is 0.554. The zero-order chi connectivity index (χ0) is 7.56.